The zero-order valence-corrected chi connectivity index (χ0v) is 11.5. The fourth-order valence-corrected chi connectivity index (χ4v) is 1.78. The monoisotopic (exact) mass is 245 g/mol. The lowest BCUT2D eigenvalue weighted by atomic mass is 10.1. The van der Waals surface area contributed by atoms with Crippen molar-refractivity contribution in [3.05, 3.63) is 48.1 Å². The predicted octanol–water partition coefficient (Wildman–Crippen LogP) is 3.48. The van der Waals surface area contributed by atoms with Crippen LogP contribution in [0.25, 0.3) is 6.08 Å². The van der Waals surface area contributed by atoms with Crippen LogP contribution in [-0.4, -0.2) is 24.3 Å². The summed E-state index contributed by atoms with van der Waals surface area (Å²) in [6, 6.07) is 8.51. The first-order valence-corrected chi connectivity index (χ1v) is 6.55. The Morgan fingerprint density at radius 1 is 1.11 bits per heavy atom. The van der Waals surface area contributed by atoms with Crippen LogP contribution in [0.3, 0.4) is 0 Å². The van der Waals surface area contributed by atoms with Crippen LogP contribution in [0.4, 0.5) is 5.69 Å². The molecule has 0 saturated heterocycles. The molecule has 1 N–H and O–H groups in total. The van der Waals surface area contributed by atoms with Crippen molar-refractivity contribution in [3.63, 3.8) is 0 Å². The summed E-state index contributed by atoms with van der Waals surface area (Å²) in [4.78, 5) is 2.32. The van der Waals surface area contributed by atoms with E-state index < -0.39 is 0 Å². The zero-order valence-electron chi connectivity index (χ0n) is 11.5. The van der Waals surface area contributed by atoms with Gasteiger partial charge in [0.25, 0.3) is 0 Å². The van der Waals surface area contributed by atoms with E-state index in [1.54, 1.807) is 13.0 Å². The molecule has 0 aliphatic rings. The topological polar surface area (TPSA) is 23.5 Å². The molecule has 1 rings (SSSR count). The summed E-state index contributed by atoms with van der Waals surface area (Å²) in [5, 5.41) is 9.08. The first-order chi connectivity index (χ1) is 8.67. The second kappa shape index (κ2) is 7.72. The van der Waals surface area contributed by atoms with E-state index in [9.17, 15) is 0 Å². The molecule has 1 aromatic carbocycles. The Kier molecular flexibility index (Phi) is 6.23. The van der Waals surface area contributed by atoms with Crippen LogP contribution in [0.5, 0.6) is 0 Å². The van der Waals surface area contributed by atoms with Crippen molar-refractivity contribution < 1.29 is 5.11 Å². The molecule has 18 heavy (non-hydrogen) atoms. The number of hydrogen-bond donors (Lipinski definition) is 1. The first-order valence-electron chi connectivity index (χ1n) is 6.55. The van der Waals surface area contributed by atoms with Crippen molar-refractivity contribution in [2.45, 2.75) is 26.9 Å². The van der Waals surface area contributed by atoms with Crippen LogP contribution in [0.15, 0.2) is 42.5 Å². The van der Waals surface area contributed by atoms with E-state index in [1.807, 2.05) is 18.2 Å². The number of benzene rings is 1. The van der Waals surface area contributed by atoms with Gasteiger partial charge in [-0.25, -0.2) is 0 Å². The maximum Gasteiger partial charge on any atom is 0.0695 e. The minimum Gasteiger partial charge on any atom is -0.389 e. The highest BCUT2D eigenvalue weighted by molar-refractivity contribution is 5.56. The van der Waals surface area contributed by atoms with Gasteiger partial charge in [0.05, 0.1) is 6.10 Å². The van der Waals surface area contributed by atoms with Crippen molar-refractivity contribution in [2.24, 2.45) is 0 Å². The van der Waals surface area contributed by atoms with Gasteiger partial charge in [-0.05, 0) is 38.5 Å². The number of rotatable bonds is 6. The zero-order chi connectivity index (χ0) is 13.4. The molecule has 1 atom stereocenters. The summed E-state index contributed by atoms with van der Waals surface area (Å²) in [6.45, 7) is 8.13. The SMILES string of the molecule is CCN(CC)c1ccc(/C=C/C=C/C(C)O)cc1. The van der Waals surface area contributed by atoms with E-state index >= 15 is 0 Å². The van der Waals surface area contributed by atoms with E-state index in [0.29, 0.717) is 0 Å². The molecule has 0 aromatic heterocycles. The molecule has 0 aliphatic carbocycles. The second-order valence-corrected chi connectivity index (χ2v) is 4.25. The highest BCUT2D eigenvalue weighted by Gasteiger charge is 1.99. The van der Waals surface area contributed by atoms with E-state index in [-0.39, 0.29) is 6.10 Å². The number of aliphatic hydroxyl groups excluding tert-OH is 1. The highest BCUT2D eigenvalue weighted by atomic mass is 16.3. The van der Waals surface area contributed by atoms with Crippen molar-refractivity contribution in [2.75, 3.05) is 18.0 Å². The lowest BCUT2D eigenvalue weighted by Gasteiger charge is -2.20. The summed E-state index contributed by atoms with van der Waals surface area (Å²) in [5.74, 6) is 0. The van der Waals surface area contributed by atoms with Gasteiger partial charge >= 0.3 is 0 Å². The van der Waals surface area contributed by atoms with Crippen LogP contribution in [-0.2, 0) is 0 Å². The van der Waals surface area contributed by atoms with Crippen molar-refractivity contribution in [1.29, 1.82) is 0 Å². The Labute approximate surface area is 110 Å². The van der Waals surface area contributed by atoms with Crippen molar-refractivity contribution in [3.8, 4) is 0 Å². The summed E-state index contributed by atoms with van der Waals surface area (Å²) >= 11 is 0. The third-order valence-corrected chi connectivity index (χ3v) is 2.81. The molecule has 0 radical (unpaired) electrons. The normalized spacial score (nSPS) is 13.3. The van der Waals surface area contributed by atoms with Gasteiger partial charge in [-0.15, -0.1) is 0 Å². The summed E-state index contributed by atoms with van der Waals surface area (Å²) < 4.78 is 0. The quantitative estimate of drug-likeness (QED) is 0.776. The number of nitrogens with zero attached hydrogens (tertiary/aromatic N) is 1. The number of anilines is 1. The van der Waals surface area contributed by atoms with Gasteiger partial charge in [-0.1, -0.05) is 36.4 Å². The standard InChI is InChI=1S/C16H23NO/c1-4-17(5-2)16-12-10-15(11-13-16)9-7-6-8-14(3)18/h6-14,18H,4-5H2,1-3H3/b8-6+,9-7+. The minimum absolute atomic E-state index is 0.389. The Hall–Kier alpha value is -1.54. The largest absolute Gasteiger partial charge is 0.389 e. The Morgan fingerprint density at radius 2 is 1.72 bits per heavy atom. The molecule has 1 unspecified atom stereocenters. The molecule has 0 spiro atoms. The van der Waals surface area contributed by atoms with Gasteiger partial charge in [0, 0.05) is 18.8 Å². The van der Waals surface area contributed by atoms with Crippen LogP contribution in [0.2, 0.25) is 0 Å². The van der Waals surface area contributed by atoms with Crippen LogP contribution in [0.1, 0.15) is 26.3 Å². The first kappa shape index (κ1) is 14.5. The number of aliphatic hydroxyl groups is 1. The lowest BCUT2D eigenvalue weighted by molar-refractivity contribution is 0.244. The molecule has 2 nitrogen and oxygen atoms in total. The molecule has 0 saturated carbocycles. The van der Waals surface area contributed by atoms with E-state index in [0.717, 1.165) is 13.1 Å². The molecule has 98 valence electrons. The van der Waals surface area contributed by atoms with E-state index in [4.69, 9.17) is 5.11 Å². The number of hydrogen-bond acceptors (Lipinski definition) is 2. The van der Waals surface area contributed by atoms with Crippen LogP contribution >= 0.6 is 0 Å². The van der Waals surface area contributed by atoms with Crippen LogP contribution in [0, 0.1) is 0 Å². The average molecular weight is 245 g/mol. The maximum absolute atomic E-state index is 9.08. The maximum atomic E-state index is 9.08. The van der Waals surface area contributed by atoms with Gasteiger partial charge in [0.1, 0.15) is 0 Å². The molecule has 0 amide bonds. The van der Waals surface area contributed by atoms with Gasteiger partial charge in [-0.2, -0.15) is 0 Å². The van der Waals surface area contributed by atoms with Gasteiger partial charge in [-0.3, -0.25) is 0 Å². The highest BCUT2D eigenvalue weighted by Crippen LogP contribution is 2.15. The molecular formula is C16H23NO. The smallest absolute Gasteiger partial charge is 0.0695 e. The van der Waals surface area contributed by atoms with E-state index in [2.05, 4.69) is 43.0 Å². The molecule has 0 aliphatic heterocycles. The van der Waals surface area contributed by atoms with Crippen molar-refractivity contribution in [1.82, 2.24) is 0 Å². The Balaban J connectivity index is 2.65. The fourth-order valence-electron chi connectivity index (χ4n) is 1.78. The summed E-state index contributed by atoms with van der Waals surface area (Å²) in [6.07, 6.45) is 7.20. The lowest BCUT2D eigenvalue weighted by Crippen LogP contribution is -2.21. The Bertz CT molecular complexity index is 386. The molecule has 0 bridgehead atoms. The Morgan fingerprint density at radius 3 is 2.22 bits per heavy atom. The van der Waals surface area contributed by atoms with Crippen molar-refractivity contribution >= 4 is 11.8 Å². The summed E-state index contributed by atoms with van der Waals surface area (Å²) in [7, 11) is 0. The summed E-state index contributed by atoms with van der Waals surface area (Å²) in [5.41, 5.74) is 2.43. The van der Waals surface area contributed by atoms with Crippen LogP contribution < -0.4 is 4.90 Å². The molecule has 0 heterocycles. The van der Waals surface area contributed by atoms with Gasteiger partial charge in [0.15, 0.2) is 0 Å². The third kappa shape index (κ3) is 4.76. The fraction of sp³-hybridized carbons (Fsp3) is 0.375. The minimum atomic E-state index is -0.389. The number of allylic oxidation sites excluding steroid dienone is 2. The molecular weight excluding hydrogens is 222 g/mol. The van der Waals surface area contributed by atoms with E-state index in [1.165, 1.54) is 11.3 Å². The average Bonchev–Trinajstić information content (AvgIpc) is 2.37. The molecule has 0 fully saturated rings. The predicted molar refractivity (Wildman–Crippen MR) is 79.9 cm³/mol. The second-order valence-electron chi connectivity index (χ2n) is 4.25. The van der Waals surface area contributed by atoms with Gasteiger partial charge in [0.2, 0.25) is 0 Å². The molecule has 1 aromatic rings. The molecule has 2 heteroatoms. The third-order valence-electron chi connectivity index (χ3n) is 2.81. The van der Waals surface area contributed by atoms with Gasteiger partial charge < -0.3 is 10.0 Å².